The Bertz CT molecular complexity index is 403. The van der Waals surface area contributed by atoms with E-state index in [1.54, 1.807) is 12.2 Å². The Hall–Kier alpha value is -1.63. The van der Waals surface area contributed by atoms with Gasteiger partial charge in [-0.05, 0) is 38.2 Å². The van der Waals surface area contributed by atoms with Crippen molar-refractivity contribution in [1.82, 2.24) is 4.90 Å². The largest absolute Gasteiger partial charge is 0.296 e. The van der Waals surface area contributed by atoms with E-state index in [9.17, 15) is 10.1 Å². The predicted octanol–water partition coefficient (Wildman–Crippen LogP) is 1.69. The van der Waals surface area contributed by atoms with Crippen molar-refractivity contribution in [2.24, 2.45) is 11.3 Å². The Labute approximate surface area is 95.1 Å². The van der Waals surface area contributed by atoms with Gasteiger partial charge in [0.25, 0.3) is 0 Å². The fourth-order valence-electron chi connectivity index (χ4n) is 2.37. The summed E-state index contributed by atoms with van der Waals surface area (Å²) in [7, 11) is 0. The number of nitriles is 1. The lowest BCUT2D eigenvalue weighted by Crippen LogP contribution is -2.37. The molecule has 1 aliphatic carbocycles. The number of amidine groups is 1. The molecule has 0 bridgehead atoms. The molecule has 2 aliphatic rings. The standard InChI is InChI=1S/C12H15N3O/c1-2-3-10(14)15-7-6-12(8-13,11(15)16)9-4-5-9/h2-3,9,14H,4-7H2,1H3/b3-2-,14-10?/t12-/m1/s1. The van der Waals surface area contributed by atoms with Crippen molar-refractivity contribution in [2.75, 3.05) is 6.54 Å². The van der Waals surface area contributed by atoms with Crippen molar-refractivity contribution in [3.63, 3.8) is 0 Å². The first kappa shape index (κ1) is 10.9. The number of rotatable bonds is 2. The van der Waals surface area contributed by atoms with Gasteiger partial charge in [0.15, 0.2) is 0 Å². The van der Waals surface area contributed by atoms with Gasteiger partial charge in [0.1, 0.15) is 11.3 Å². The van der Waals surface area contributed by atoms with E-state index in [0.717, 1.165) is 12.8 Å². The molecule has 1 atom stereocenters. The molecule has 1 saturated carbocycles. The minimum atomic E-state index is -0.826. The quantitative estimate of drug-likeness (QED) is 0.565. The highest BCUT2D eigenvalue weighted by atomic mass is 16.2. The molecule has 0 spiro atoms. The van der Waals surface area contributed by atoms with Gasteiger partial charge in [-0.1, -0.05) is 6.08 Å². The average molecular weight is 217 g/mol. The van der Waals surface area contributed by atoms with Gasteiger partial charge in [-0.25, -0.2) is 0 Å². The summed E-state index contributed by atoms with van der Waals surface area (Å²) in [6.07, 6.45) is 5.86. The molecule has 1 heterocycles. The third-order valence-corrected chi connectivity index (χ3v) is 3.45. The van der Waals surface area contributed by atoms with E-state index in [1.807, 2.05) is 6.92 Å². The van der Waals surface area contributed by atoms with E-state index >= 15 is 0 Å². The number of likely N-dealkylation sites (tertiary alicyclic amines) is 1. The van der Waals surface area contributed by atoms with Gasteiger partial charge in [-0.3, -0.25) is 15.1 Å². The Morgan fingerprint density at radius 3 is 2.88 bits per heavy atom. The van der Waals surface area contributed by atoms with Crippen LogP contribution in [0, 0.1) is 28.1 Å². The van der Waals surface area contributed by atoms with E-state index in [4.69, 9.17) is 5.41 Å². The molecule has 2 rings (SSSR count). The van der Waals surface area contributed by atoms with E-state index in [-0.39, 0.29) is 17.7 Å². The fraction of sp³-hybridized carbons (Fsp3) is 0.583. The molecule has 1 aliphatic heterocycles. The number of amides is 1. The normalized spacial score (nSPS) is 29.8. The molecule has 0 aromatic carbocycles. The van der Waals surface area contributed by atoms with Gasteiger partial charge in [-0.2, -0.15) is 5.26 Å². The van der Waals surface area contributed by atoms with Crippen LogP contribution in [0.5, 0.6) is 0 Å². The molecule has 2 fully saturated rings. The highest BCUT2D eigenvalue weighted by molar-refractivity contribution is 6.06. The number of nitrogens with zero attached hydrogens (tertiary/aromatic N) is 2. The SMILES string of the molecule is C/C=C\C(=N)N1CC[C@@](C#N)(C2CC2)C1=O. The summed E-state index contributed by atoms with van der Waals surface area (Å²) in [6.45, 7) is 2.32. The molecule has 1 amide bonds. The molecule has 84 valence electrons. The van der Waals surface area contributed by atoms with Gasteiger partial charge < -0.3 is 0 Å². The molecule has 4 heteroatoms. The first-order chi connectivity index (χ1) is 7.65. The number of carbonyl (C=O) groups excluding carboxylic acids is 1. The van der Waals surface area contributed by atoms with Crippen LogP contribution in [0.4, 0.5) is 0 Å². The molecule has 4 nitrogen and oxygen atoms in total. The van der Waals surface area contributed by atoms with Crippen LogP contribution in [0.2, 0.25) is 0 Å². The second kappa shape index (κ2) is 3.75. The second-order valence-corrected chi connectivity index (χ2v) is 4.45. The number of allylic oxidation sites excluding steroid dienone is 1. The van der Waals surface area contributed by atoms with Crippen LogP contribution in [0.25, 0.3) is 0 Å². The lowest BCUT2D eigenvalue weighted by Gasteiger charge is -2.19. The average Bonchev–Trinajstić information content (AvgIpc) is 3.05. The van der Waals surface area contributed by atoms with Gasteiger partial charge in [0.2, 0.25) is 5.91 Å². The van der Waals surface area contributed by atoms with E-state index < -0.39 is 5.41 Å². The highest BCUT2D eigenvalue weighted by Gasteiger charge is 2.56. The van der Waals surface area contributed by atoms with Crippen LogP contribution in [-0.4, -0.2) is 23.2 Å². The maximum absolute atomic E-state index is 12.2. The molecular weight excluding hydrogens is 202 g/mol. The Morgan fingerprint density at radius 1 is 1.69 bits per heavy atom. The topological polar surface area (TPSA) is 68.0 Å². The lowest BCUT2D eigenvalue weighted by atomic mass is 9.83. The summed E-state index contributed by atoms with van der Waals surface area (Å²) < 4.78 is 0. The Kier molecular flexibility index (Phi) is 2.55. The van der Waals surface area contributed by atoms with E-state index in [1.165, 1.54) is 4.90 Å². The van der Waals surface area contributed by atoms with Crippen molar-refractivity contribution < 1.29 is 4.79 Å². The zero-order chi connectivity index (χ0) is 11.8. The van der Waals surface area contributed by atoms with Crippen LogP contribution in [0.1, 0.15) is 26.2 Å². The van der Waals surface area contributed by atoms with Crippen molar-refractivity contribution in [3.05, 3.63) is 12.2 Å². The minimum absolute atomic E-state index is 0.166. The molecule has 0 radical (unpaired) electrons. The number of carbonyl (C=O) groups is 1. The van der Waals surface area contributed by atoms with Crippen molar-refractivity contribution in [3.8, 4) is 6.07 Å². The molecule has 0 aromatic rings. The molecule has 0 unspecified atom stereocenters. The summed E-state index contributed by atoms with van der Waals surface area (Å²) in [5.74, 6) is 0.263. The smallest absolute Gasteiger partial charge is 0.248 e. The van der Waals surface area contributed by atoms with Crippen LogP contribution in [0.3, 0.4) is 0 Å². The maximum atomic E-state index is 12.2. The lowest BCUT2D eigenvalue weighted by molar-refractivity contribution is -0.131. The summed E-state index contributed by atoms with van der Waals surface area (Å²) in [5, 5.41) is 17.0. The molecule has 16 heavy (non-hydrogen) atoms. The van der Waals surface area contributed by atoms with E-state index in [2.05, 4.69) is 6.07 Å². The molecule has 1 saturated heterocycles. The summed E-state index contributed by atoms with van der Waals surface area (Å²) in [5.41, 5.74) is -0.826. The van der Waals surface area contributed by atoms with Crippen LogP contribution >= 0.6 is 0 Å². The van der Waals surface area contributed by atoms with Gasteiger partial charge >= 0.3 is 0 Å². The number of hydrogen-bond acceptors (Lipinski definition) is 3. The van der Waals surface area contributed by atoms with Crippen LogP contribution in [0.15, 0.2) is 12.2 Å². The Balaban J connectivity index is 2.21. The van der Waals surface area contributed by atoms with Gasteiger partial charge in [0, 0.05) is 6.54 Å². The molecular formula is C12H15N3O. The van der Waals surface area contributed by atoms with Gasteiger partial charge in [0.05, 0.1) is 6.07 Å². The van der Waals surface area contributed by atoms with Crippen LogP contribution in [-0.2, 0) is 4.79 Å². The third kappa shape index (κ3) is 1.44. The third-order valence-electron chi connectivity index (χ3n) is 3.45. The fourth-order valence-corrected chi connectivity index (χ4v) is 2.37. The van der Waals surface area contributed by atoms with Gasteiger partial charge in [-0.15, -0.1) is 0 Å². The minimum Gasteiger partial charge on any atom is -0.296 e. The van der Waals surface area contributed by atoms with Crippen molar-refractivity contribution in [1.29, 1.82) is 10.7 Å². The van der Waals surface area contributed by atoms with E-state index in [0.29, 0.717) is 13.0 Å². The summed E-state index contributed by atoms with van der Waals surface area (Å²) in [4.78, 5) is 13.6. The van der Waals surface area contributed by atoms with Crippen molar-refractivity contribution >= 4 is 11.7 Å². The second-order valence-electron chi connectivity index (χ2n) is 4.45. The van der Waals surface area contributed by atoms with Crippen LogP contribution < -0.4 is 0 Å². The zero-order valence-electron chi connectivity index (χ0n) is 9.36. The molecule has 1 N–H and O–H groups in total. The van der Waals surface area contributed by atoms with Crippen molar-refractivity contribution in [2.45, 2.75) is 26.2 Å². The summed E-state index contributed by atoms with van der Waals surface area (Å²) in [6, 6.07) is 2.20. The predicted molar refractivity (Wildman–Crippen MR) is 59.6 cm³/mol. The maximum Gasteiger partial charge on any atom is 0.248 e. The number of nitrogens with one attached hydrogen (secondary N) is 1. The Morgan fingerprint density at radius 2 is 2.38 bits per heavy atom. The zero-order valence-corrected chi connectivity index (χ0v) is 9.36. The number of hydrogen-bond donors (Lipinski definition) is 1. The molecule has 0 aromatic heterocycles. The monoisotopic (exact) mass is 217 g/mol. The first-order valence-corrected chi connectivity index (χ1v) is 5.60. The highest BCUT2D eigenvalue weighted by Crippen LogP contribution is 2.51. The summed E-state index contributed by atoms with van der Waals surface area (Å²) >= 11 is 0. The first-order valence-electron chi connectivity index (χ1n) is 5.60.